The number of amides is 3. The number of hydrazine groups is 1. The molecular formula is C20H21N3O4S. The van der Waals surface area contributed by atoms with E-state index in [1.165, 1.54) is 11.8 Å². The molecule has 3 rings (SSSR count). The Morgan fingerprint density at radius 1 is 1.07 bits per heavy atom. The molecule has 28 heavy (non-hydrogen) atoms. The topological polar surface area (TPSA) is 96.5 Å². The van der Waals surface area contributed by atoms with E-state index in [-0.39, 0.29) is 18.9 Å². The second-order valence-electron chi connectivity index (χ2n) is 6.43. The van der Waals surface area contributed by atoms with Crippen molar-refractivity contribution in [2.75, 3.05) is 11.9 Å². The van der Waals surface area contributed by atoms with Gasteiger partial charge in [-0.3, -0.25) is 25.2 Å². The Labute approximate surface area is 167 Å². The van der Waals surface area contributed by atoms with Gasteiger partial charge in [0.25, 0.3) is 5.91 Å². The van der Waals surface area contributed by atoms with E-state index < -0.39 is 17.1 Å². The van der Waals surface area contributed by atoms with E-state index in [1.807, 2.05) is 50.2 Å². The number of anilines is 1. The number of thioether (sulfide) groups is 1. The van der Waals surface area contributed by atoms with Gasteiger partial charge in [0.2, 0.25) is 11.8 Å². The lowest BCUT2D eigenvalue weighted by Gasteiger charge is -2.23. The highest BCUT2D eigenvalue weighted by molar-refractivity contribution is 8.01. The van der Waals surface area contributed by atoms with E-state index in [0.717, 1.165) is 21.7 Å². The first-order valence-corrected chi connectivity index (χ1v) is 9.64. The molecule has 0 aliphatic carbocycles. The quantitative estimate of drug-likeness (QED) is 0.671. The summed E-state index contributed by atoms with van der Waals surface area (Å²) >= 11 is 1.33. The fraction of sp³-hybridized carbons (Fsp3) is 0.250. The molecule has 1 unspecified atom stereocenters. The lowest BCUT2D eigenvalue weighted by molar-refractivity contribution is -0.130. The third-order valence-corrected chi connectivity index (χ3v) is 5.54. The minimum atomic E-state index is -0.557. The number of rotatable bonds is 5. The predicted octanol–water partition coefficient (Wildman–Crippen LogP) is 2.33. The van der Waals surface area contributed by atoms with E-state index in [1.54, 1.807) is 6.07 Å². The van der Waals surface area contributed by atoms with Crippen LogP contribution in [-0.2, 0) is 14.4 Å². The molecule has 1 aliphatic rings. The van der Waals surface area contributed by atoms with Gasteiger partial charge in [-0.05, 0) is 49.2 Å². The van der Waals surface area contributed by atoms with Gasteiger partial charge in [-0.1, -0.05) is 18.2 Å². The minimum absolute atomic E-state index is 0.0525. The molecule has 8 heteroatoms. The highest BCUT2D eigenvalue weighted by Gasteiger charge is 2.28. The Morgan fingerprint density at radius 2 is 1.82 bits per heavy atom. The standard InChI is InChI=1S/C20H21N3O4S/c1-12-7-8-14(9-13(12)2)27-11-19(25)23-22-18(24)10-17-20(26)21-15-5-3-4-6-16(15)28-17/h3-9,17H,10-11H2,1-2H3,(H,21,26)(H,22,24)(H,23,25). The fourth-order valence-electron chi connectivity index (χ4n) is 2.57. The number of nitrogens with one attached hydrogen (secondary N) is 3. The Hall–Kier alpha value is -3.00. The molecular weight excluding hydrogens is 378 g/mol. The summed E-state index contributed by atoms with van der Waals surface area (Å²) in [4.78, 5) is 37.0. The lowest BCUT2D eigenvalue weighted by Crippen LogP contribution is -2.45. The van der Waals surface area contributed by atoms with Crippen LogP contribution in [0.3, 0.4) is 0 Å². The van der Waals surface area contributed by atoms with Gasteiger partial charge in [-0.15, -0.1) is 11.8 Å². The molecule has 0 bridgehead atoms. The summed E-state index contributed by atoms with van der Waals surface area (Å²) in [5.74, 6) is -0.592. The number of fused-ring (bicyclic) bond motifs is 1. The molecule has 1 atom stereocenters. The van der Waals surface area contributed by atoms with Gasteiger partial charge >= 0.3 is 0 Å². The molecule has 1 heterocycles. The van der Waals surface area contributed by atoms with Crippen molar-refractivity contribution in [2.24, 2.45) is 0 Å². The predicted molar refractivity (Wildman–Crippen MR) is 107 cm³/mol. The van der Waals surface area contributed by atoms with Crippen LogP contribution in [0.5, 0.6) is 5.75 Å². The Bertz CT molecular complexity index is 916. The first-order valence-electron chi connectivity index (χ1n) is 8.76. The highest BCUT2D eigenvalue weighted by Crippen LogP contribution is 2.36. The molecule has 0 radical (unpaired) electrons. The lowest BCUT2D eigenvalue weighted by atomic mass is 10.1. The molecule has 0 saturated heterocycles. The number of benzene rings is 2. The summed E-state index contributed by atoms with van der Waals surface area (Å²) in [6.07, 6.45) is -0.0525. The minimum Gasteiger partial charge on any atom is -0.484 e. The van der Waals surface area contributed by atoms with Crippen molar-refractivity contribution in [3.05, 3.63) is 53.6 Å². The van der Waals surface area contributed by atoms with Crippen molar-refractivity contribution in [1.29, 1.82) is 0 Å². The SMILES string of the molecule is Cc1ccc(OCC(=O)NNC(=O)CC2Sc3ccccc3NC2=O)cc1C. The molecule has 146 valence electrons. The average Bonchev–Trinajstić information content (AvgIpc) is 2.68. The molecule has 0 aromatic heterocycles. The van der Waals surface area contributed by atoms with E-state index in [9.17, 15) is 14.4 Å². The second kappa shape index (κ2) is 8.79. The van der Waals surface area contributed by atoms with Crippen molar-refractivity contribution in [3.8, 4) is 5.75 Å². The number of hydrogen-bond donors (Lipinski definition) is 3. The van der Waals surface area contributed by atoms with Crippen LogP contribution in [0, 0.1) is 13.8 Å². The van der Waals surface area contributed by atoms with E-state index in [2.05, 4.69) is 16.2 Å². The van der Waals surface area contributed by atoms with Crippen LogP contribution in [0.2, 0.25) is 0 Å². The van der Waals surface area contributed by atoms with Crippen molar-refractivity contribution >= 4 is 35.2 Å². The van der Waals surface area contributed by atoms with E-state index >= 15 is 0 Å². The molecule has 7 nitrogen and oxygen atoms in total. The van der Waals surface area contributed by atoms with Crippen molar-refractivity contribution < 1.29 is 19.1 Å². The van der Waals surface area contributed by atoms with Crippen LogP contribution in [0.4, 0.5) is 5.69 Å². The first-order chi connectivity index (χ1) is 13.4. The van der Waals surface area contributed by atoms with Crippen LogP contribution in [0.15, 0.2) is 47.4 Å². The number of para-hydroxylation sites is 1. The summed E-state index contributed by atoms with van der Waals surface area (Å²) in [5, 5.41) is 2.22. The van der Waals surface area contributed by atoms with E-state index in [4.69, 9.17) is 4.74 Å². The van der Waals surface area contributed by atoms with Gasteiger partial charge < -0.3 is 10.1 Å². The smallest absolute Gasteiger partial charge is 0.276 e. The number of carbonyl (C=O) groups is 3. The van der Waals surface area contributed by atoms with Gasteiger partial charge in [-0.25, -0.2) is 0 Å². The normalized spacial score (nSPS) is 15.2. The zero-order valence-corrected chi connectivity index (χ0v) is 16.4. The van der Waals surface area contributed by atoms with Crippen LogP contribution < -0.4 is 20.9 Å². The largest absolute Gasteiger partial charge is 0.484 e. The van der Waals surface area contributed by atoms with Gasteiger partial charge in [-0.2, -0.15) is 0 Å². The molecule has 0 fully saturated rings. The van der Waals surface area contributed by atoms with Crippen molar-refractivity contribution in [1.82, 2.24) is 10.9 Å². The van der Waals surface area contributed by atoms with Crippen LogP contribution in [-0.4, -0.2) is 29.6 Å². The summed E-state index contributed by atoms with van der Waals surface area (Å²) in [6, 6.07) is 12.9. The highest BCUT2D eigenvalue weighted by atomic mass is 32.2. The third kappa shape index (κ3) is 5.04. The number of hydrogen-bond acceptors (Lipinski definition) is 5. The fourth-order valence-corrected chi connectivity index (χ4v) is 3.68. The van der Waals surface area contributed by atoms with Gasteiger partial charge in [0.15, 0.2) is 6.61 Å². The Morgan fingerprint density at radius 3 is 2.61 bits per heavy atom. The molecule has 3 N–H and O–H groups in total. The van der Waals surface area contributed by atoms with Gasteiger partial charge in [0.05, 0.1) is 10.9 Å². The Balaban J connectivity index is 1.43. The maximum absolute atomic E-state index is 12.1. The molecule has 2 aromatic rings. The third-order valence-electron chi connectivity index (χ3n) is 4.27. The number of aryl methyl sites for hydroxylation is 2. The summed E-state index contributed by atoms with van der Waals surface area (Å²) in [6.45, 7) is 3.72. The number of ether oxygens (including phenoxy) is 1. The summed E-state index contributed by atoms with van der Waals surface area (Å²) < 4.78 is 5.41. The Kier molecular flexibility index (Phi) is 6.20. The second-order valence-corrected chi connectivity index (χ2v) is 7.67. The maximum atomic E-state index is 12.1. The van der Waals surface area contributed by atoms with E-state index in [0.29, 0.717) is 5.75 Å². The average molecular weight is 399 g/mol. The van der Waals surface area contributed by atoms with Crippen LogP contribution >= 0.6 is 11.8 Å². The molecule has 3 amide bonds. The molecule has 0 spiro atoms. The van der Waals surface area contributed by atoms with Crippen molar-refractivity contribution in [3.63, 3.8) is 0 Å². The van der Waals surface area contributed by atoms with Crippen LogP contribution in [0.1, 0.15) is 17.5 Å². The van der Waals surface area contributed by atoms with Crippen LogP contribution in [0.25, 0.3) is 0 Å². The molecule has 2 aromatic carbocycles. The summed E-state index contributed by atoms with van der Waals surface area (Å²) in [7, 11) is 0. The van der Waals surface area contributed by atoms with Crippen molar-refractivity contribution in [2.45, 2.75) is 30.4 Å². The summed E-state index contributed by atoms with van der Waals surface area (Å²) in [5.41, 5.74) is 7.56. The zero-order chi connectivity index (χ0) is 20.1. The first kappa shape index (κ1) is 19.8. The maximum Gasteiger partial charge on any atom is 0.276 e. The molecule has 0 saturated carbocycles. The molecule has 1 aliphatic heterocycles. The monoisotopic (exact) mass is 399 g/mol. The zero-order valence-electron chi connectivity index (χ0n) is 15.6. The van der Waals surface area contributed by atoms with Gasteiger partial charge in [0, 0.05) is 11.3 Å². The number of carbonyl (C=O) groups excluding carboxylic acids is 3. The van der Waals surface area contributed by atoms with Gasteiger partial charge in [0.1, 0.15) is 5.75 Å².